The zero-order chi connectivity index (χ0) is 10.2. The highest BCUT2D eigenvalue weighted by Crippen LogP contribution is 2.49. The van der Waals surface area contributed by atoms with Crippen molar-refractivity contribution in [2.45, 2.75) is 18.3 Å². The van der Waals surface area contributed by atoms with E-state index in [4.69, 9.17) is 17.5 Å². The van der Waals surface area contributed by atoms with Crippen molar-refractivity contribution in [1.82, 2.24) is 0 Å². The van der Waals surface area contributed by atoms with Gasteiger partial charge in [0, 0.05) is 5.41 Å². The van der Waals surface area contributed by atoms with Crippen molar-refractivity contribution in [1.29, 1.82) is 0 Å². The Morgan fingerprint density at radius 3 is 2.79 bits per heavy atom. The maximum atomic E-state index is 13.6. The first kappa shape index (κ1) is 9.90. The lowest BCUT2D eigenvalue weighted by Crippen LogP contribution is -2.19. The summed E-state index contributed by atoms with van der Waals surface area (Å²) < 4.78 is 13.6. The Bertz CT molecular complexity index is 352. The predicted molar refractivity (Wildman–Crippen MR) is 52.5 cm³/mol. The fraction of sp³-hybridized carbons (Fsp3) is 0.400. The van der Waals surface area contributed by atoms with Crippen LogP contribution in [0.4, 0.5) is 4.39 Å². The second-order valence-electron chi connectivity index (χ2n) is 3.69. The molecule has 0 saturated heterocycles. The molecule has 0 heterocycles. The summed E-state index contributed by atoms with van der Waals surface area (Å²) in [4.78, 5) is 4.61. The minimum Gasteiger partial charge on any atom is -0.304 e. The minimum atomic E-state index is -0.344. The molecule has 0 atom stereocenters. The van der Waals surface area contributed by atoms with Crippen LogP contribution in [-0.2, 0) is 10.3 Å². The lowest BCUT2D eigenvalue weighted by molar-refractivity contribution is 0.115. The van der Waals surface area contributed by atoms with E-state index < -0.39 is 0 Å². The number of halogens is 2. The number of hydrogen-bond acceptors (Lipinski definition) is 2. The average Bonchev–Trinajstić information content (AvgIpc) is 2.91. The summed E-state index contributed by atoms with van der Waals surface area (Å²) in [5.41, 5.74) is 0.388. The Kier molecular flexibility index (Phi) is 2.47. The zero-order valence-electron chi connectivity index (χ0n) is 7.59. The van der Waals surface area contributed by atoms with Gasteiger partial charge in [0.1, 0.15) is 5.82 Å². The van der Waals surface area contributed by atoms with Crippen molar-refractivity contribution in [3.8, 4) is 0 Å². The number of benzene rings is 1. The van der Waals surface area contributed by atoms with Crippen LogP contribution in [0, 0.1) is 5.82 Å². The van der Waals surface area contributed by atoms with Gasteiger partial charge in [0.2, 0.25) is 0 Å². The van der Waals surface area contributed by atoms with Crippen LogP contribution in [0.3, 0.4) is 0 Å². The average molecular weight is 216 g/mol. The molecule has 1 aliphatic rings. The van der Waals surface area contributed by atoms with Crippen molar-refractivity contribution >= 4 is 11.6 Å². The lowest BCUT2D eigenvalue weighted by Gasteiger charge is -2.15. The molecule has 14 heavy (non-hydrogen) atoms. The molecule has 0 aromatic heterocycles. The van der Waals surface area contributed by atoms with Crippen LogP contribution in [0.25, 0.3) is 0 Å². The van der Waals surface area contributed by atoms with Crippen molar-refractivity contribution in [2.75, 3.05) is 6.61 Å². The van der Waals surface area contributed by atoms with Gasteiger partial charge in [0.15, 0.2) is 0 Å². The first-order valence-electron chi connectivity index (χ1n) is 4.46. The Labute approximate surface area is 86.8 Å². The summed E-state index contributed by atoms with van der Waals surface area (Å²) in [6.07, 6.45) is 1.81. The van der Waals surface area contributed by atoms with Gasteiger partial charge in [-0.1, -0.05) is 23.7 Å². The van der Waals surface area contributed by atoms with Gasteiger partial charge in [0.25, 0.3) is 0 Å². The molecule has 0 bridgehead atoms. The summed E-state index contributed by atoms with van der Waals surface area (Å²) in [6.45, 7) is 0.351. The van der Waals surface area contributed by atoms with Crippen molar-refractivity contribution < 1.29 is 9.23 Å². The molecular formula is C10H11ClFNO. The summed E-state index contributed by atoms with van der Waals surface area (Å²) in [5.74, 6) is 4.68. The van der Waals surface area contributed by atoms with E-state index in [1.807, 2.05) is 0 Å². The molecule has 1 aromatic carbocycles. The first-order valence-corrected chi connectivity index (χ1v) is 4.83. The third-order valence-corrected chi connectivity index (χ3v) is 3.03. The number of hydrogen-bond donors (Lipinski definition) is 1. The van der Waals surface area contributed by atoms with Gasteiger partial charge >= 0.3 is 0 Å². The SMILES string of the molecule is NOCC1(c2cccc(Cl)c2F)CC1. The van der Waals surface area contributed by atoms with Crippen LogP contribution in [0.15, 0.2) is 18.2 Å². The fourth-order valence-corrected chi connectivity index (χ4v) is 1.89. The van der Waals surface area contributed by atoms with Crippen LogP contribution in [0.2, 0.25) is 5.02 Å². The highest BCUT2D eigenvalue weighted by Gasteiger charge is 2.46. The molecule has 4 heteroatoms. The van der Waals surface area contributed by atoms with E-state index >= 15 is 0 Å². The van der Waals surface area contributed by atoms with Crippen LogP contribution >= 0.6 is 11.6 Å². The highest BCUT2D eigenvalue weighted by molar-refractivity contribution is 6.30. The molecule has 0 unspecified atom stereocenters. The molecule has 1 fully saturated rings. The highest BCUT2D eigenvalue weighted by atomic mass is 35.5. The van der Waals surface area contributed by atoms with E-state index in [0.29, 0.717) is 12.2 Å². The third-order valence-electron chi connectivity index (χ3n) is 2.74. The van der Waals surface area contributed by atoms with Gasteiger partial charge in [-0.3, -0.25) is 0 Å². The molecule has 1 aliphatic carbocycles. The normalized spacial score (nSPS) is 18.2. The van der Waals surface area contributed by atoms with E-state index in [9.17, 15) is 4.39 Å². The summed E-state index contributed by atoms with van der Waals surface area (Å²) >= 11 is 5.70. The van der Waals surface area contributed by atoms with Crippen LogP contribution in [0.1, 0.15) is 18.4 Å². The summed E-state index contributed by atoms with van der Waals surface area (Å²) in [6, 6.07) is 5.03. The van der Waals surface area contributed by atoms with Crippen LogP contribution < -0.4 is 5.90 Å². The monoisotopic (exact) mass is 215 g/mol. The minimum absolute atomic E-state index is 0.158. The second-order valence-corrected chi connectivity index (χ2v) is 4.10. The van der Waals surface area contributed by atoms with Gasteiger partial charge in [-0.2, -0.15) is 0 Å². The Balaban J connectivity index is 2.37. The molecule has 2 N–H and O–H groups in total. The second kappa shape index (κ2) is 3.50. The van der Waals surface area contributed by atoms with E-state index in [2.05, 4.69) is 4.84 Å². The predicted octanol–water partition coefficient (Wildman–Crippen LogP) is 2.40. The van der Waals surface area contributed by atoms with Gasteiger partial charge < -0.3 is 4.84 Å². The molecule has 0 aliphatic heterocycles. The summed E-state index contributed by atoms with van der Waals surface area (Å²) in [7, 11) is 0. The summed E-state index contributed by atoms with van der Waals surface area (Å²) in [5, 5.41) is 0.158. The van der Waals surface area contributed by atoms with Crippen molar-refractivity contribution in [3.63, 3.8) is 0 Å². The van der Waals surface area contributed by atoms with Crippen LogP contribution in [0.5, 0.6) is 0 Å². The Hall–Kier alpha value is -0.640. The van der Waals surface area contributed by atoms with Gasteiger partial charge in [0.05, 0.1) is 11.6 Å². The Morgan fingerprint density at radius 2 is 2.21 bits per heavy atom. The fourth-order valence-electron chi connectivity index (χ4n) is 1.72. The molecule has 0 spiro atoms. The maximum Gasteiger partial charge on any atom is 0.145 e. The lowest BCUT2D eigenvalue weighted by atomic mass is 9.96. The molecule has 2 nitrogen and oxygen atoms in total. The molecule has 1 saturated carbocycles. The van der Waals surface area contributed by atoms with E-state index in [-0.39, 0.29) is 16.3 Å². The molecule has 2 rings (SSSR count). The van der Waals surface area contributed by atoms with E-state index in [1.54, 1.807) is 18.2 Å². The molecule has 76 valence electrons. The van der Waals surface area contributed by atoms with Crippen molar-refractivity contribution in [3.05, 3.63) is 34.6 Å². The van der Waals surface area contributed by atoms with Gasteiger partial charge in [-0.25, -0.2) is 10.3 Å². The van der Waals surface area contributed by atoms with Gasteiger partial charge in [-0.15, -0.1) is 0 Å². The molecule has 1 aromatic rings. The molecule has 0 radical (unpaired) electrons. The third kappa shape index (κ3) is 1.52. The largest absolute Gasteiger partial charge is 0.304 e. The standard InChI is InChI=1S/C10H11ClFNO/c11-8-3-1-2-7(9(8)12)10(4-5-10)6-14-13/h1-3H,4-6,13H2. The topological polar surface area (TPSA) is 35.2 Å². The number of nitrogens with two attached hydrogens (primary N) is 1. The molecule has 0 amide bonds. The maximum absolute atomic E-state index is 13.6. The smallest absolute Gasteiger partial charge is 0.145 e. The number of rotatable bonds is 3. The van der Waals surface area contributed by atoms with E-state index in [0.717, 1.165) is 12.8 Å². The van der Waals surface area contributed by atoms with Gasteiger partial charge in [-0.05, 0) is 24.5 Å². The van der Waals surface area contributed by atoms with Crippen molar-refractivity contribution in [2.24, 2.45) is 5.90 Å². The zero-order valence-corrected chi connectivity index (χ0v) is 8.35. The van der Waals surface area contributed by atoms with E-state index in [1.165, 1.54) is 0 Å². The Morgan fingerprint density at radius 1 is 1.50 bits per heavy atom. The molecular weight excluding hydrogens is 205 g/mol. The van der Waals surface area contributed by atoms with Crippen LogP contribution in [-0.4, -0.2) is 6.61 Å². The quantitative estimate of drug-likeness (QED) is 0.786. The first-order chi connectivity index (χ1) is 6.69.